The number of aryl methyl sites for hydroxylation is 1. The number of aromatic nitrogens is 1. The summed E-state index contributed by atoms with van der Waals surface area (Å²) in [6, 6.07) is 12.2. The number of hydrogen-bond donors (Lipinski definition) is 2. The van der Waals surface area contributed by atoms with Crippen molar-refractivity contribution in [2.24, 2.45) is 0 Å². The van der Waals surface area contributed by atoms with Gasteiger partial charge < -0.3 is 15.4 Å². The molecular weight excluding hydrogens is 371 g/mol. The number of urea groups is 1. The van der Waals surface area contributed by atoms with Gasteiger partial charge in [0.25, 0.3) is 0 Å². The molecule has 0 aliphatic heterocycles. The second-order valence-electron chi connectivity index (χ2n) is 5.92. The molecule has 0 aliphatic carbocycles. The van der Waals surface area contributed by atoms with Gasteiger partial charge in [0.2, 0.25) is 0 Å². The van der Waals surface area contributed by atoms with E-state index in [2.05, 4.69) is 15.6 Å². The summed E-state index contributed by atoms with van der Waals surface area (Å²) < 4.78 is 44.0. The zero-order valence-electron chi connectivity index (χ0n) is 14.7. The van der Waals surface area contributed by atoms with Crippen molar-refractivity contribution in [1.29, 1.82) is 0 Å². The van der Waals surface area contributed by atoms with Crippen LogP contribution in [-0.4, -0.2) is 11.0 Å². The van der Waals surface area contributed by atoms with Crippen LogP contribution in [0.2, 0.25) is 0 Å². The molecule has 1 aromatic heterocycles. The van der Waals surface area contributed by atoms with Gasteiger partial charge in [-0.25, -0.2) is 4.79 Å². The highest BCUT2D eigenvalue weighted by Crippen LogP contribution is 2.31. The molecule has 3 aromatic rings. The van der Waals surface area contributed by atoms with Gasteiger partial charge in [-0.05, 0) is 61.0 Å². The van der Waals surface area contributed by atoms with Crippen molar-refractivity contribution in [3.63, 3.8) is 0 Å². The van der Waals surface area contributed by atoms with Gasteiger partial charge in [-0.2, -0.15) is 13.2 Å². The number of alkyl halides is 3. The Labute approximate surface area is 159 Å². The molecule has 0 saturated carbocycles. The number of anilines is 2. The van der Waals surface area contributed by atoms with E-state index in [9.17, 15) is 18.0 Å². The third-order valence-electron chi connectivity index (χ3n) is 3.76. The number of carbonyl (C=O) groups is 1. The van der Waals surface area contributed by atoms with E-state index in [0.29, 0.717) is 17.2 Å². The lowest BCUT2D eigenvalue weighted by Crippen LogP contribution is -2.19. The standard InChI is InChI=1S/C20H16F3N3O2/c1-13-11-16(5-6-18(13)28-17-7-9-24-10-8-17)26-19(27)25-15-4-2-3-14(12-15)20(21,22)23/h2-12H,1H3,(H2,25,26,27). The van der Waals surface area contributed by atoms with Gasteiger partial charge in [0.05, 0.1) is 5.56 Å². The number of amides is 2. The summed E-state index contributed by atoms with van der Waals surface area (Å²) in [5.41, 5.74) is 0.457. The molecule has 8 heteroatoms. The van der Waals surface area contributed by atoms with Crippen LogP contribution < -0.4 is 15.4 Å². The van der Waals surface area contributed by atoms with Gasteiger partial charge in [0.1, 0.15) is 11.5 Å². The van der Waals surface area contributed by atoms with E-state index in [1.807, 2.05) is 6.92 Å². The van der Waals surface area contributed by atoms with Crippen LogP contribution >= 0.6 is 0 Å². The molecule has 2 N–H and O–H groups in total. The molecule has 28 heavy (non-hydrogen) atoms. The molecule has 0 atom stereocenters. The summed E-state index contributed by atoms with van der Waals surface area (Å²) in [7, 11) is 0. The van der Waals surface area contributed by atoms with Crippen molar-refractivity contribution in [2.75, 3.05) is 10.6 Å². The molecule has 2 amide bonds. The quantitative estimate of drug-likeness (QED) is 0.591. The van der Waals surface area contributed by atoms with E-state index in [1.54, 1.807) is 42.7 Å². The average Bonchev–Trinajstić information content (AvgIpc) is 2.64. The topological polar surface area (TPSA) is 63.2 Å². The van der Waals surface area contributed by atoms with Gasteiger partial charge in [-0.1, -0.05) is 6.07 Å². The van der Waals surface area contributed by atoms with Crippen LogP contribution in [0.5, 0.6) is 11.5 Å². The van der Waals surface area contributed by atoms with Crippen molar-refractivity contribution < 1.29 is 22.7 Å². The summed E-state index contributed by atoms with van der Waals surface area (Å²) in [5, 5.41) is 4.97. The number of pyridine rings is 1. The molecule has 3 rings (SSSR count). The van der Waals surface area contributed by atoms with E-state index in [0.717, 1.165) is 17.7 Å². The number of rotatable bonds is 4. The van der Waals surface area contributed by atoms with Crippen molar-refractivity contribution in [2.45, 2.75) is 13.1 Å². The van der Waals surface area contributed by atoms with Crippen LogP contribution in [0.4, 0.5) is 29.3 Å². The van der Waals surface area contributed by atoms with Crippen molar-refractivity contribution >= 4 is 17.4 Å². The molecule has 0 fully saturated rings. The first-order chi connectivity index (χ1) is 13.3. The fourth-order valence-corrected chi connectivity index (χ4v) is 2.44. The number of hydrogen-bond acceptors (Lipinski definition) is 3. The molecule has 2 aromatic carbocycles. The molecule has 0 spiro atoms. The Morgan fingerprint density at radius 2 is 1.64 bits per heavy atom. The Bertz CT molecular complexity index is 976. The molecule has 1 heterocycles. The normalized spacial score (nSPS) is 11.0. The highest BCUT2D eigenvalue weighted by molar-refractivity contribution is 5.99. The summed E-state index contributed by atoms with van der Waals surface area (Å²) >= 11 is 0. The Kier molecular flexibility index (Phi) is 5.49. The second-order valence-corrected chi connectivity index (χ2v) is 5.92. The number of carbonyl (C=O) groups excluding carboxylic acids is 1. The van der Waals surface area contributed by atoms with E-state index in [4.69, 9.17) is 4.74 Å². The van der Waals surface area contributed by atoms with Crippen molar-refractivity contribution in [1.82, 2.24) is 4.98 Å². The zero-order valence-corrected chi connectivity index (χ0v) is 14.7. The summed E-state index contributed by atoms with van der Waals surface area (Å²) in [6.07, 6.45) is -1.26. The second kappa shape index (κ2) is 7.99. The van der Waals surface area contributed by atoms with Gasteiger partial charge in [-0.15, -0.1) is 0 Å². The molecule has 0 unspecified atom stereocenters. The summed E-state index contributed by atoms with van der Waals surface area (Å²) in [6.45, 7) is 1.81. The Hall–Kier alpha value is -3.55. The first kappa shape index (κ1) is 19.2. The van der Waals surface area contributed by atoms with E-state index >= 15 is 0 Å². The first-order valence-corrected chi connectivity index (χ1v) is 8.25. The monoisotopic (exact) mass is 387 g/mol. The van der Waals surface area contributed by atoms with E-state index < -0.39 is 17.8 Å². The molecule has 0 radical (unpaired) electrons. The predicted molar refractivity (Wildman–Crippen MR) is 99.6 cm³/mol. The zero-order chi connectivity index (χ0) is 20.1. The molecular formula is C20H16F3N3O2. The van der Waals surface area contributed by atoms with E-state index in [1.165, 1.54) is 12.1 Å². The van der Waals surface area contributed by atoms with Gasteiger partial charge in [0.15, 0.2) is 0 Å². The molecule has 0 bridgehead atoms. The number of benzene rings is 2. The molecule has 5 nitrogen and oxygen atoms in total. The fourth-order valence-electron chi connectivity index (χ4n) is 2.44. The maximum Gasteiger partial charge on any atom is 0.416 e. The summed E-state index contributed by atoms with van der Waals surface area (Å²) in [5.74, 6) is 1.23. The summed E-state index contributed by atoms with van der Waals surface area (Å²) in [4.78, 5) is 16.0. The van der Waals surface area contributed by atoms with Crippen molar-refractivity contribution in [3.8, 4) is 11.5 Å². The Balaban J connectivity index is 1.65. The lowest BCUT2D eigenvalue weighted by Gasteiger charge is -2.12. The number of nitrogens with one attached hydrogen (secondary N) is 2. The highest BCUT2D eigenvalue weighted by atomic mass is 19.4. The van der Waals surface area contributed by atoms with Gasteiger partial charge in [-0.3, -0.25) is 4.98 Å². The number of halogens is 3. The minimum Gasteiger partial charge on any atom is -0.457 e. The molecule has 0 aliphatic rings. The van der Waals surface area contributed by atoms with Crippen LogP contribution in [0, 0.1) is 6.92 Å². The van der Waals surface area contributed by atoms with Crippen LogP contribution in [0.3, 0.4) is 0 Å². The lowest BCUT2D eigenvalue weighted by atomic mass is 10.2. The molecule has 144 valence electrons. The van der Waals surface area contributed by atoms with Crippen LogP contribution in [0.1, 0.15) is 11.1 Å². The van der Waals surface area contributed by atoms with Crippen LogP contribution in [0.15, 0.2) is 67.0 Å². The fraction of sp³-hybridized carbons (Fsp3) is 0.100. The third kappa shape index (κ3) is 5.00. The minimum absolute atomic E-state index is 0.0432. The van der Waals surface area contributed by atoms with Crippen LogP contribution in [-0.2, 0) is 6.18 Å². The van der Waals surface area contributed by atoms with Crippen molar-refractivity contribution in [3.05, 3.63) is 78.1 Å². The predicted octanol–water partition coefficient (Wildman–Crippen LogP) is 5.85. The lowest BCUT2D eigenvalue weighted by molar-refractivity contribution is -0.137. The average molecular weight is 387 g/mol. The maximum absolute atomic E-state index is 12.7. The first-order valence-electron chi connectivity index (χ1n) is 8.25. The van der Waals surface area contributed by atoms with E-state index in [-0.39, 0.29) is 5.69 Å². The maximum atomic E-state index is 12.7. The Morgan fingerprint density at radius 3 is 2.29 bits per heavy atom. The smallest absolute Gasteiger partial charge is 0.416 e. The third-order valence-corrected chi connectivity index (χ3v) is 3.76. The van der Waals surface area contributed by atoms with Gasteiger partial charge >= 0.3 is 12.2 Å². The number of ether oxygens (including phenoxy) is 1. The highest BCUT2D eigenvalue weighted by Gasteiger charge is 2.30. The largest absolute Gasteiger partial charge is 0.457 e. The van der Waals surface area contributed by atoms with Gasteiger partial charge in [0, 0.05) is 23.8 Å². The number of nitrogens with zero attached hydrogens (tertiary/aromatic N) is 1. The SMILES string of the molecule is Cc1cc(NC(=O)Nc2cccc(C(F)(F)F)c2)ccc1Oc1ccncc1. The minimum atomic E-state index is -4.48. The molecule has 0 saturated heterocycles. The van der Waals surface area contributed by atoms with Crippen LogP contribution in [0.25, 0.3) is 0 Å². The Morgan fingerprint density at radius 1 is 0.964 bits per heavy atom.